The average molecular weight is 516 g/mol. The average Bonchev–Trinajstić information content (AvgIpc) is 3.18. The van der Waals surface area contributed by atoms with E-state index >= 15 is 0 Å². The van der Waals surface area contributed by atoms with E-state index in [4.69, 9.17) is 4.74 Å². The van der Waals surface area contributed by atoms with E-state index in [2.05, 4.69) is 24.0 Å². The Morgan fingerprint density at radius 3 is 2.32 bits per heavy atom. The van der Waals surface area contributed by atoms with Gasteiger partial charge in [0.2, 0.25) is 5.78 Å². The predicted molar refractivity (Wildman–Crippen MR) is 150 cm³/mol. The summed E-state index contributed by atoms with van der Waals surface area (Å²) >= 11 is 0. The molecule has 3 aliphatic rings. The molecule has 2 aliphatic heterocycles. The fourth-order valence-corrected chi connectivity index (χ4v) is 5.65. The minimum absolute atomic E-state index is 0.0531. The lowest BCUT2D eigenvalue weighted by Crippen LogP contribution is -2.41. The number of carbonyl (C=O) groups excluding carboxylic acids is 3. The third-order valence-electron chi connectivity index (χ3n) is 8.05. The van der Waals surface area contributed by atoms with Crippen LogP contribution in [0.15, 0.2) is 76.7 Å². The number of esters is 1. The lowest BCUT2D eigenvalue weighted by molar-refractivity contribution is -0.153. The fraction of sp³-hybridized carbons (Fsp3) is 0.485. The summed E-state index contributed by atoms with van der Waals surface area (Å²) in [5.41, 5.74) is 2.60. The maximum Gasteiger partial charge on any atom is 0.343 e. The van der Waals surface area contributed by atoms with Crippen molar-refractivity contribution < 1.29 is 19.1 Å². The molecule has 1 aromatic carbocycles. The van der Waals surface area contributed by atoms with Gasteiger partial charge in [-0.05, 0) is 43.6 Å². The van der Waals surface area contributed by atoms with Crippen molar-refractivity contribution in [2.75, 3.05) is 0 Å². The number of unbranched alkanes of at least 4 members (excludes halogenated alkanes) is 7. The van der Waals surface area contributed by atoms with E-state index in [0.29, 0.717) is 12.1 Å². The van der Waals surface area contributed by atoms with Crippen LogP contribution in [-0.2, 0) is 25.7 Å². The molecule has 5 nitrogen and oxygen atoms in total. The Bertz CT molecular complexity index is 1200. The smallest absolute Gasteiger partial charge is 0.343 e. The molecule has 38 heavy (non-hydrogen) atoms. The Kier molecular flexibility index (Phi) is 8.86. The standard InChI is InChI=1S/C33H41NO4/c1-5-6-7-8-9-10-11-13-16-23(2)31(36)29-30-27-22-34(21-25-17-14-12-15-18-25)24(3)19-26(27)20-28(35)33(30,4)38-32(29)37/h12,14-15,17-20,22-23H,5-11,13,16,21H2,1-4H3/t23-,33-/m0/s1. The molecule has 0 unspecified atom stereocenters. The maximum atomic E-state index is 13.7. The van der Waals surface area contributed by atoms with E-state index < -0.39 is 11.6 Å². The minimum Gasteiger partial charge on any atom is -0.442 e. The zero-order valence-electron chi connectivity index (χ0n) is 23.3. The van der Waals surface area contributed by atoms with Gasteiger partial charge in [0, 0.05) is 35.5 Å². The van der Waals surface area contributed by atoms with Crippen molar-refractivity contribution in [3.05, 3.63) is 82.2 Å². The minimum atomic E-state index is -1.47. The number of Topliss-reactive ketones (excluding diaryl/α,β-unsaturated/α-hetero) is 1. The molecule has 202 valence electrons. The number of rotatable bonds is 13. The summed E-state index contributed by atoms with van der Waals surface area (Å²) in [6.07, 6.45) is 15.8. The van der Waals surface area contributed by atoms with Crippen molar-refractivity contribution >= 4 is 17.5 Å². The Morgan fingerprint density at radius 1 is 0.974 bits per heavy atom. The second-order valence-electron chi connectivity index (χ2n) is 11.1. The van der Waals surface area contributed by atoms with Crippen LogP contribution in [0.25, 0.3) is 0 Å². The van der Waals surface area contributed by atoms with E-state index in [1.165, 1.54) is 38.5 Å². The topological polar surface area (TPSA) is 63.7 Å². The molecule has 0 bridgehead atoms. The van der Waals surface area contributed by atoms with Crippen molar-refractivity contribution in [3.8, 4) is 0 Å². The zero-order valence-corrected chi connectivity index (χ0v) is 23.3. The van der Waals surface area contributed by atoms with Crippen LogP contribution < -0.4 is 0 Å². The second-order valence-corrected chi connectivity index (χ2v) is 11.1. The van der Waals surface area contributed by atoms with Crippen LogP contribution in [0.5, 0.6) is 0 Å². The second kappa shape index (κ2) is 12.1. The highest BCUT2D eigenvalue weighted by atomic mass is 16.6. The lowest BCUT2D eigenvalue weighted by atomic mass is 9.74. The Hall–Kier alpha value is -3.21. The van der Waals surface area contributed by atoms with E-state index in [1.54, 1.807) is 13.0 Å². The molecule has 2 heterocycles. The highest BCUT2D eigenvalue weighted by Gasteiger charge is 2.54. The van der Waals surface area contributed by atoms with Gasteiger partial charge in [0.15, 0.2) is 11.4 Å². The van der Waals surface area contributed by atoms with Gasteiger partial charge in [-0.1, -0.05) is 95.5 Å². The molecule has 0 amide bonds. The third kappa shape index (κ3) is 5.77. The van der Waals surface area contributed by atoms with Crippen molar-refractivity contribution in [2.45, 2.75) is 97.6 Å². The van der Waals surface area contributed by atoms with Gasteiger partial charge >= 0.3 is 5.97 Å². The third-order valence-corrected chi connectivity index (χ3v) is 8.05. The summed E-state index contributed by atoms with van der Waals surface area (Å²) in [5.74, 6) is -1.50. The summed E-state index contributed by atoms with van der Waals surface area (Å²) in [6.45, 7) is 8.37. The van der Waals surface area contributed by atoms with Crippen LogP contribution in [0.3, 0.4) is 0 Å². The number of nitrogens with zero attached hydrogens (tertiary/aromatic N) is 1. The molecule has 0 spiro atoms. The predicted octanol–water partition coefficient (Wildman–Crippen LogP) is 7.15. The van der Waals surface area contributed by atoms with Crippen molar-refractivity contribution in [1.29, 1.82) is 0 Å². The number of hydrogen-bond acceptors (Lipinski definition) is 5. The van der Waals surface area contributed by atoms with Crippen LogP contribution in [0.2, 0.25) is 0 Å². The van der Waals surface area contributed by atoms with E-state index in [-0.39, 0.29) is 23.1 Å². The molecule has 0 fully saturated rings. The Labute approximate surface area is 227 Å². The maximum absolute atomic E-state index is 13.7. The first-order valence-corrected chi connectivity index (χ1v) is 14.3. The summed E-state index contributed by atoms with van der Waals surface area (Å²) < 4.78 is 5.66. The molecule has 0 aromatic heterocycles. The Morgan fingerprint density at radius 2 is 1.63 bits per heavy atom. The largest absolute Gasteiger partial charge is 0.442 e. The molecule has 5 heteroatoms. The highest BCUT2D eigenvalue weighted by Crippen LogP contribution is 2.47. The molecule has 1 aliphatic carbocycles. The summed E-state index contributed by atoms with van der Waals surface area (Å²) in [7, 11) is 0. The van der Waals surface area contributed by atoms with Gasteiger partial charge < -0.3 is 9.64 Å². The lowest BCUT2D eigenvalue weighted by Gasteiger charge is -2.35. The van der Waals surface area contributed by atoms with Gasteiger partial charge in [0.05, 0.1) is 0 Å². The van der Waals surface area contributed by atoms with Gasteiger partial charge in [-0.15, -0.1) is 0 Å². The van der Waals surface area contributed by atoms with E-state index in [9.17, 15) is 14.4 Å². The molecule has 2 atom stereocenters. The number of allylic oxidation sites excluding steroid dienone is 3. The summed E-state index contributed by atoms with van der Waals surface area (Å²) in [4.78, 5) is 42.1. The van der Waals surface area contributed by atoms with Crippen LogP contribution in [-0.4, -0.2) is 28.0 Å². The summed E-state index contributed by atoms with van der Waals surface area (Å²) in [6, 6.07) is 10.1. The van der Waals surface area contributed by atoms with Gasteiger partial charge in [0.1, 0.15) is 5.57 Å². The molecule has 0 saturated heterocycles. The van der Waals surface area contributed by atoms with Crippen LogP contribution >= 0.6 is 0 Å². The normalized spacial score (nSPS) is 21.4. The van der Waals surface area contributed by atoms with Crippen molar-refractivity contribution in [2.24, 2.45) is 5.92 Å². The van der Waals surface area contributed by atoms with Crippen LogP contribution in [0.4, 0.5) is 0 Å². The summed E-state index contributed by atoms with van der Waals surface area (Å²) in [5, 5.41) is 0. The van der Waals surface area contributed by atoms with Gasteiger partial charge in [-0.25, -0.2) is 4.79 Å². The van der Waals surface area contributed by atoms with Crippen molar-refractivity contribution in [3.63, 3.8) is 0 Å². The van der Waals surface area contributed by atoms with Crippen molar-refractivity contribution in [1.82, 2.24) is 4.90 Å². The molecular formula is C33H41NO4. The molecule has 0 N–H and O–H groups in total. The number of carbonyl (C=O) groups is 3. The number of benzene rings is 1. The quantitative estimate of drug-likeness (QED) is 0.159. The van der Waals surface area contributed by atoms with Gasteiger partial charge in [-0.2, -0.15) is 0 Å². The fourth-order valence-electron chi connectivity index (χ4n) is 5.65. The number of hydrogen-bond donors (Lipinski definition) is 0. The van der Waals surface area contributed by atoms with Crippen LogP contribution in [0, 0.1) is 5.92 Å². The molecule has 1 aromatic rings. The highest BCUT2D eigenvalue weighted by molar-refractivity contribution is 6.24. The first-order chi connectivity index (χ1) is 18.3. The molecule has 4 rings (SSSR count). The van der Waals surface area contributed by atoms with Crippen LogP contribution in [0.1, 0.15) is 91.0 Å². The van der Waals surface area contributed by atoms with Gasteiger partial charge in [-0.3, -0.25) is 9.59 Å². The SMILES string of the molecule is CCCCCCCCCC[C@H](C)C(=O)C1=C2C3=CN(Cc4ccccc4)C(C)=CC3=CC(=O)[C@]2(C)OC1=O. The molecule has 0 saturated carbocycles. The molecule has 0 radical (unpaired) electrons. The monoisotopic (exact) mass is 515 g/mol. The number of ketones is 2. The first-order valence-electron chi connectivity index (χ1n) is 14.3. The number of fused-ring (bicyclic) bond motifs is 3. The van der Waals surface area contributed by atoms with Gasteiger partial charge in [0.25, 0.3) is 0 Å². The first kappa shape index (κ1) is 27.8. The van der Waals surface area contributed by atoms with E-state index in [0.717, 1.165) is 41.7 Å². The van der Waals surface area contributed by atoms with E-state index in [1.807, 2.05) is 44.3 Å². The number of ether oxygens (including phenoxy) is 1. The molecular weight excluding hydrogens is 474 g/mol. The Balaban J connectivity index is 1.55. The zero-order chi connectivity index (χ0) is 27.3.